The lowest BCUT2D eigenvalue weighted by Crippen LogP contribution is -2.21. The molecule has 102 valence electrons. The highest BCUT2D eigenvalue weighted by Gasteiger charge is 2.03. The van der Waals surface area contributed by atoms with Crippen molar-refractivity contribution < 1.29 is 4.74 Å². The molecule has 0 spiro atoms. The molecule has 0 aliphatic carbocycles. The third-order valence-electron chi connectivity index (χ3n) is 3.12. The number of ether oxygens (including phenoxy) is 1. The van der Waals surface area contributed by atoms with Crippen LogP contribution in [0.1, 0.15) is 51.2 Å². The predicted octanol–water partition coefficient (Wildman–Crippen LogP) is 3.93. The summed E-state index contributed by atoms with van der Waals surface area (Å²) in [4.78, 5) is 0. The summed E-state index contributed by atoms with van der Waals surface area (Å²) in [7, 11) is 0. The molecule has 0 saturated heterocycles. The third kappa shape index (κ3) is 6.77. The van der Waals surface area contributed by atoms with E-state index in [1.807, 2.05) is 6.07 Å². The second kappa shape index (κ2) is 10.1. The fraction of sp³-hybridized carbons (Fsp3) is 0.625. The Bertz CT molecular complexity index is 286. The van der Waals surface area contributed by atoms with Gasteiger partial charge in [-0.3, -0.25) is 0 Å². The van der Waals surface area contributed by atoms with Crippen LogP contribution in [-0.4, -0.2) is 19.7 Å². The Morgan fingerprint density at radius 1 is 1.06 bits per heavy atom. The molecule has 0 bridgehead atoms. The molecule has 0 aliphatic heterocycles. The van der Waals surface area contributed by atoms with Crippen LogP contribution in [0.3, 0.4) is 0 Å². The second-order valence-corrected chi connectivity index (χ2v) is 4.73. The van der Waals surface area contributed by atoms with Crippen LogP contribution in [0.5, 0.6) is 0 Å². The normalized spacial score (nSPS) is 12.6. The van der Waals surface area contributed by atoms with Gasteiger partial charge in [0.2, 0.25) is 0 Å². The first-order valence-electron chi connectivity index (χ1n) is 7.22. The fourth-order valence-electron chi connectivity index (χ4n) is 1.93. The van der Waals surface area contributed by atoms with E-state index in [-0.39, 0.29) is 6.10 Å². The number of benzene rings is 1. The smallest absolute Gasteiger partial charge is 0.0797 e. The van der Waals surface area contributed by atoms with Gasteiger partial charge in [0.05, 0.1) is 12.7 Å². The Balaban J connectivity index is 1.98. The molecule has 0 fully saturated rings. The molecule has 1 rings (SSSR count). The minimum absolute atomic E-state index is 0.188. The largest absolute Gasteiger partial charge is 0.373 e. The highest BCUT2D eigenvalue weighted by atomic mass is 16.5. The van der Waals surface area contributed by atoms with Crippen molar-refractivity contribution in [2.24, 2.45) is 0 Å². The van der Waals surface area contributed by atoms with Gasteiger partial charge in [0.25, 0.3) is 0 Å². The molecular weight excluding hydrogens is 222 g/mol. The molecular formula is C16H27NO. The van der Waals surface area contributed by atoms with Crippen LogP contribution >= 0.6 is 0 Å². The van der Waals surface area contributed by atoms with E-state index < -0.39 is 0 Å². The van der Waals surface area contributed by atoms with E-state index in [1.165, 1.54) is 31.2 Å². The number of rotatable bonds is 10. The van der Waals surface area contributed by atoms with Crippen molar-refractivity contribution in [2.75, 3.05) is 19.7 Å². The van der Waals surface area contributed by atoms with E-state index in [0.29, 0.717) is 0 Å². The Morgan fingerprint density at radius 3 is 2.56 bits per heavy atom. The number of nitrogens with one attached hydrogen (secondary N) is 1. The van der Waals surface area contributed by atoms with Crippen molar-refractivity contribution in [1.82, 2.24) is 5.32 Å². The quantitative estimate of drug-likeness (QED) is 0.634. The van der Waals surface area contributed by atoms with E-state index in [9.17, 15) is 0 Å². The SMILES string of the molecule is CCCCCCNCCOC(C)c1ccccc1. The molecule has 1 aromatic carbocycles. The molecule has 0 aromatic heterocycles. The zero-order chi connectivity index (χ0) is 13.1. The van der Waals surface area contributed by atoms with Gasteiger partial charge in [-0.2, -0.15) is 0 Å². The highest BCUT2D eigenvalue weighted by molar-refractivity contribution is 5.16. The molecule has 1 unspecified atom stereocenters. The topological polar surface area (TPSA) is 21.3 Å². The first-order valence-corrected chi connectivity index (χ1v) is 7.22. The minimum Gasteiger partial charge on any atom is -0.373 e. The predicted molar refractivity (Wildman–Crippen MR) is 77.8 cm³/mol. The molecule has 2 nitrogen and oxygen atoms in total. The summed E-state index contributed by atoms with van der Waals surface area (Å²) in [6, 6.07) is 10.4. The molecule has 18 heavy (non-hydrogen) atoms. The van der Waals surface area contributed by atoms with E-state index in [0.717, 1.165) is 19.7 Å². The zero-order valence-corrected chi connectivity index (χ0v) is 11.8. The summed E-state index contributed by atoms with van der Waals surface area (Å²) in [6.07, 6.45) is 5.46. The lowest BCUT2D eigenvalue weighted by Gasteiger charge is -2.13. The minimum atomic E-state index is 0.188. The summed E-state index contributed by atoms with van der Waals surface area (Å²) in [6.45, 7) is 7.19. The second-order valence-electron chi connectivity index (χ2n) is 4.73. The van der Waals surface area contributed by atoms with Crippen molar-refractivity contribution in [1.29, 1.82) is 0 Å². The molecule has 0 heterocycles. The molecule has 0 aliphatic rings. The van der Waals surface area contributed by atoms with Crippen molar-refractivity contribution in [3.8, 4) is 0 Å². The lowest BCUT2D eigenvalue weighted by atomic mass is 10.1. The Kier molecular flexibility index (Phi) is 8.53. The molecule has 1 N–H and O–H groups in total. The average molecular weight is 249 g/mol. The van der Waals surface area contributed by atoms with Crippen LogP contribution in [-0.2, 0) is 4.74 Å². The maximum absolute atomic E-state index is 5.79. The van der Waals surface area contributed by atoms with Crippen LogP contribution in [0, 0.1) is 0 Å². The fourth-order valence-corrected chi connectivity index (χ4v) is 1.93. The van der Waals surface area contributed by atoms with Crippen LogP contribution in [0.2, 0.25) is 0 Å². The van der Waals surface area contributed by atoms with Gasteiger partial charge in [-0.25, -0.2) is 0 Å². The lowest BCUT2D eigenvalue weighted by molar-refractivity contribution is 0.0678. The van der Waals surface area contributed by atoms with Crippen molar-refractivity contribution in [2.45, 2.75) is 45.6 Å². The Hall–Kier alpha value is -0.860. The third-order valence-corrected chi connectivity index (χ3v) is 3.12. The summed E-state index contributed by atoms with van der Waals surface area (Å²) in [5.74, 6) is 0. The van der Waals surface area contributed by atoms with Gasteiger partial charge in [0, 0.05) is 6.54 Å². The highest BCUT2D eigenvalue weighted by Crippen LogP contribution is 2.15. The number of unbranched alkanes of at least 4 members (excludes halogenated alkanes) is 3. The van der Waals surface area contributed by atoms with E-state index in [4.69, 9.17) is 4.74 Å². The Morgan fingerprint density at radius 2 is 1.83 bits per heavy atom. The van der Waals surface area contributed by atoms with Crippen LogP contribution in [0.15, 0.2) is 30.3 Å². The summed E-state index contributed by atoms with van der Waals surface area (Å²) < 4.78 is 5.79. The average Bonchev–Trinajstić information content (AvgIpc) is 2.42. The van der Waals surface area contributed by atoms with Crippen LogP contribution in [0.25, 0.3) is 0 Å². The van der Waals surface area contributed by atoms with E-state index in [1.54, 1.807) is 0 Å². The van der Waals surface area contributed by atoms with Gasteiger partial charge in [-0.05, 0) is 25.5 Å². The van der Waals surface area contributed by atoms with Crippen LogP contribution < -0.4 is 5.32 Å². The van der Waals surface area contributed by atoms with Crippen LogP contribution in [0.4, 0.5) is 0 Å². The maximum atomic E-state index is 5.79. The molecule has 0 amide bonds. The van der Waals surface area contributed by atoms with Gasteiger partial charge in [0.1, 0.15) is 0 Å². The van der Waals surface area contributed by atoms with Crippen molar-refractivity contribution >= 4 is 0 Å². The number of hydrogen-bond acceptors (Lipinski definition) is 2. The van der Waals surface area contributed by atoms with Crippen molar-refractivity contribution in [3.05, 3.63) is 35.9 Å². The molecule has 2 heteroatoms. The van der Waals surface area contributed by atoms with Gasteiger partial charge in [-0.15, -0.1) is 0 Å². The van der Waals surface area contributed by atoms with E-state index >= 15 is 0 Å². The van der Waals surface area contributed by atoms with Gasteiger partial charge in [0.15, 0.2) is 0 Å². The summed E-state index contributed by atoms with van der Waals surface area (Å²) >= 11 is 0. The Labute approximate surface area is 112 Å². The zero-order valence-electron chi connectivity index (χ0n) is 11.8. The maximum Gasteiger partial charge on any atom is 0.0797 e. The molecule has 1 atom stereocenters. The van der Waals surface area contributed by atoms with Gasteiger partial charge >= 0.3 is 0 Å². The van der Waals surface area contributed by atoms with Gasteiger partial charge in [-0.1, -0.05) is 56.5 Å². The first-order chi connectivity index (χ1) is 8.84. The van der Waals surface area contributed by atoms with Crippen molar-refractivity contribution in [3.63, 3.8) is 0 Å². The van der Waals surface area contributed by atoms with E-state index in [2.05, 4.69) is 43.4 Å². The first kappa shape index (κ1) is 15.2. The molecule has 0 radical (unpaired) electrons. The number of hydrogen-bond donors (Lipinski definition) is 1. The standard InChI is InChI=1S/C16H27NO/c1-3-4-5-9-12-17-13-14-18-15(2)16-10-7-6-8-11-16/h6-8,10-11,15,17H,3-5,9,12-14H2,1-2H3. The molecule has 1 aromatic rings. The summed E-state index contributed by atoms with van der Waals surface area (Å²) in [5.41, 5.74) is 1.25. The molecule has 0 saturated carbocycles. The van der Waals surface area contributed by atoms with Gasteiger partial charge < -0.3 is 10.1 Å². The summed E-state index contributed by atoms with van der Waals surface area (Å²) in [5, 5.41) is 3.43. The monoisotopic (exact) mass is 249 g/mol.